The minimum Gasteiger partial charge on any atom is -0.492 e. The number of benzene rings is 2. The topological polar surface area (TPSA) is 50.4 Å². The lowest BCUT2D eigenvalue weighted by Gasteiger charge is -2.10. The molecule has 0 spiro atoms. The fourth-order valence-corrected chi connectivity index (χ4v) is 2.59. The molecule has 6 heteroatoms. The van der Waals surface area contributed by atoms with Crippen LogP contribution in [0.15, 0.2) is 46.9 Å². The number of aryl methyl sites for hydroxylation is 1. The van der Waals surface area contributed by atoms with E-state index in [-0.39, 0.29) is 6.03 Å². The average Bonchev–Trinajstić information content (AvgIpc) is 2.51. The maximum atomic E-state index is 11.7. The molecule has 4 nitrogen and oxygen atoms in total. The van der Waals surface area contributed by atoms with Gasteiger partial charge in [-0.3, -0.25) is 0 Å². The molecule has 0 saturated carbocycles. The number of rotatable bonds is 6. The molecular formula is C17H18BrClN2O2. The zero-order valence-electron chi connectivity index (χ0n) is 12.7. The second kappa shape index (κ2) is 8.79. The summed E-state index contributed by atoms with van der Waals surface area (Å²) in [5, 5.41) is 6.12. The van der Waals surface area contributed by atoms with Crippen LogP contribution in [0.2, 0.25) is 5.02 Å². The molecule has 0 aliphatic heterocycles. The molecule has 0 bridgehead atoms. The number of carbonyl (C=O) groups is 1. The highest BCUT2D eigenvalue weighted by atomic mass is 79.9. The minimum absolute atomic E-state index is 0.226. The Kier molecular flexibility index (Phi) is 6.74. The van der Waals surface area contributed by atoms with E-state index in [1.807, 2.05) is 43.3 Å². The van der Waals surface area contributed by atoms with Crippen LogP contribution in [0, 0.1) is 6.92 Å². The lowest BCUT2D eigenvalue weighted by molar-refractivity contribution is 0.250. The van der Waals surface area contributed by atoms with Gasteiger partial charge in [-0.2, -0.15) is 0 Å². The van der Waals surface area contributed by atoms with E-state index in [0.717, 1.165) is 15.7 Å². The summed E-state index contributed by atoms with van der Waals surface area (Å²) in [6.07, 6.45) is 0.688. The summed E-state index contributed by atoms with van der Waals surface area (Å²) >= 11 is 9.40. The van der Waals surface area contributed by atoms with Crippen LogP contribution in [0.1, 0.15) is 12.0 Å². The van der Waals surface area contributed by atoms with Crippen molar-refractivity contribution < 1.29 is 9.53 Å². The van der Waals surface area contributed by atoms with Gasteiger partial charge in [-0.15, -0.1) is 0 Å². The lowest BCUT2D eigenvalue weighted by Crippen LogP contribution is -2.30. The van der Waals surface area contributed by atoms with Crippen LogP contribution in [0.4, 0.5) is 10.5 Å². The average molecular weight is 398 g/mol. The molecule has 122 valence electrons. The summed E-state index contributed by atoms with van der Waals surface area (Å²) in [6, 6.07) is 12.9. The van der Waals surface area contributed by atoms with Crippen LogP contribution < -0.4 is 15.4 Å². The number of urea groups is 1. The Bertz CT molecular complexity index is 662. The van der Waals surface area contributed by atoms with Crippen molar-refractivity contribution in [3.8, 4) is 5.75 Å². The van der Waals surface area contributed by atoms with Crippen molar-refractivity contribution in [2.24, 2.45) is 0 Å². The van der Waals surface area contributed by atoms with E-state index in [1.54, 1.807) is 6.07 Å². The zero-order valence-corrected chi connectivity index (χ0v) is 15.1. The highest BCUT2D eigenvalue weighted by Crippen LogP contribution is 2.27. The van der Waals surface area contributed by atoms with Gasteiger partial charge in [0.25, 0.3) is 0 Å². The summed E-state index contributed by atoms with van der Waals surface area (Å²) < 4.78 is 6.49. The minimum atomic E-state index is -0.226. The van der Waals surface area contributed by atoms with Gasteiger partial charge in [-0.05, 0) is 43.7 Å². The normalized spacial score (nSPS) is 10.2. The lowest BCUT2D eigenvalue weighted by atomic mass is 10.2. The van der Waals surface area contributed by atoms with Crippen LogP contribution in [-0.2, 0) is 0 Å². The van der Waals surface area contributed by atoms with E-state index in [0.29, 0.717) is 30.3 Å². The number of carbonyl (C=O) groups excluding carboxylic acids is 1. The largest absolute Gasteiger partial charge is 0.492 e. The maximum Gasteiger partial charge on any atom is 0.319 e. The molecule has 2 aromatic rings. The molecule has 0 saturated heterocycles. The Morgan fingerprint density at radius 1 is 1.22 bits per heavy atom. The van der Waals surface area contributed by atoms with Gasteiger partial charge < -0.3 is 15.4 Å². The molecule has 2 N–H and O–H groups in total. The highest BCUT2D eigenvalue weighted by Gasteiger charge is 2.03. The van der Waals surface area contributed by atoms with E-state index in [1.165, 1.54) is 0 Å². The summed E-state index contributed by atoms with van der Waals surface area (Å²) in [4.78, 5) is 11.7. The summed E-state index contributed by atoms with van der Waals surface area (Å²) in [5.74, 6) is 0.638. The van der Waals surface area contributed by atoms with Crippen LogP contribution in [-0.4, -0.2) is 19.2 Å². The van der Waals surface area contributed by atoms with Crippen LogP contribution in [0.5, 0.6) is 5.75 Å². The number of amides is 2. The molecule has 2 amide bonds. The number of ether oxygens (including phenoxy) is 1. The first-order valence-electron chi connectivity index (χ1n) is 7.24. The highest BCUT2D eigenvalue weighted by molar-refractivity contribution is 9.10. The number of nitrogens with one attached hydrogen (secondary N) is 2. The van der Waals surface area contributed by atoms with Crippen molar-refractivity contribution in [3.63, 3.8) is 0 Å². The van der Waals surface area contributed by atoms with Gasteiger partial charge in [0.05, 0.1) is 11.6 Å². The molecule has 23 heavy (non-hydrogen) atoms. The molecule has 0 unspecified atom stereocenters. The monoisotopic (exact) mass is 396 g/mol. The van der Waals surface area contributed by atoms with Crippen molar-refractivity contribution in [1.82, 2.24) is 5.32 Å². The molecule has 2 rings (SSSR count). The van der Waals surface area contributed by atoms with Crippen molar-refractivity contribution in [2.75, 3.05) is 18.5 Å². The van der Waals surface area contributed by atoms with E-state index in [4.69, 9.17) is 16.3 Å². The Labute approximate surface area is 149 Å². The first-order valence-corrected chi connectivity index (χ1v) is 8.41. The third-order valence-electron chi connectivity index (χ3n) is 3.07. The Hall–Kier alpha value is -1.72. The number of hydrogen-bond donors (Lipinski definition) is 2. The summed E-state index contributed by atoms with van der Waals surface area (Å²) in [5.41, 5.74) is 1.92. The molecule has 2 aromatic carbocycles. The van der Waals surface area contributed by atoms with E-state index in [2.05, 4.69) is 26.6 Å². The van der Waals surface area contributed by atoms with Crippen molar-refractivity contribution in [3.05, 3.63) is 57.5 Å². The number of hydrogen-bond acceptors (Lipinski definition) is 2. The fraction of sp³-hybridized carbons (Fsp3) is 0.235. The van der Waals surface area contributed by atoms with Crippen molar-refractivity contribution in [2.45, 2.75) is 13.3 Å². The van der Waals surface area contributed by atoms with Crippen LogP contribution >= 0.6 is 27.5 Å². The SMILES string of the molecule is Cc1ccc(NC(=O)NCCCOc2ccc(Br)cc2Cl)cc1. The summed E-state index contributed by atoms with van der Waals surface area (Å²) in [6.45, 7) is 3.00. The second-order valence-electron chi connectivity index (χ2n) is 5.02. The van der Waals surface area contributed by atoms with E-state index in [9.17, 15) is 4.79 Å². The quantitative estimate of drug-likeness (QED) is 0.674. The molecular weight excluding hydrogens is 380 g/mol. The Morgan fingerprint density at radius 2 is 1.96 bits per heavy atom. The van der Waals surface area contributed by atoms with Crippen LogP contribution in [0.25, 0.3) is 0 Å². The van der Waals surface area contributed by atoms with E-state index >= 15 is 0 Å². The van der Waals surface area contributed by atoms with Crippen molar-refractivity contribution >= 4 is 39.2 Å². The van der Waals surface area contributed by atoms with Crippen molar-refractivity contribution in [1.29, 1.82) is 0 Å². The predicted molar refractivity (Wildman–Crippen MR) is 97.5 cm³/mol. The first kappa shape index (κ1) is 17.6. The smallest absolute Gasteiger partial charge is 0.319 e. The molecule has 0 aliphatic carbocycles. The Morgan fingerprint density at radius 3 is 2.65 bits per heavy atom. The van der Waals surface area contributed by atoms with Gasteiger partial charge in [-0.1, -0.05) is 45.2 Å². The van der Waals surface area contributed by atoms with E-state index < -0.39 is 0 Å². The second-order valence-corrected chi connectivity index (χ2v) is 6.35. The third-order valence-corrected chi connectivity index (χ3v) is 3.86. The molecule has 0 fully saturated rings. The fourth-order valence-electron chi connectivity index (χ4n) is 1.86. The number of anilines is 1. The molecule has 0 aliphatic rings. The van der Waals surface area contributed by atoms with Crippen LogP contribution in [0.3, 0.4) is 0 Å². The molecule has 0 aromatic heterocycles. The van der Waals surface area contributed by atoms with Gasteiger partial charge in [0.1, 0.15) is 5.75 Å². The molecule has 0 heterocycles. The third kappa shape index (κ3) is 6.12. The van der Waals surface area contributed by atoms with Gasteiger partial charge in [0, 0.05) is 16.7 Å². The summed E-state index contributed by atoms with van der Waals surface area (Å²) in [7, 11) is 0. The van der Waals surface area contributed by atoms with Gasteiger partial charge in [0.2, 0.25) is 0 Å². The predicted octanol–water partition coefficient (Wildman–Crippen LogP) is 5.00. The maximum absolute atomic E-state index is 11.7. The standard InChI is InChI=1S/C17H18BrClN2O2/c1-12-3-6-14(7-4-12)21-17(22)20-9-2-10-23-16-8-5-13(18)11-15(16)19/h3-8,11H,2,9-10H2,1H3,(H2,20,21,22). The molecule has 0 atom stereocenters. The number of halogens is 2. The first-order chi connectivity index (χ1) is 11.0. The molecule has 0 radical (unpaired) electrons. The Balaban J connectivity index is 1.65. The van der Waals surface area contributed by atoms with Gasteiger partial charge >= 0.3 is 6.03 Å². The van der Waals surface area contributed by atoms with Gasteiger partial charge in [-0.25, -0.2) is 4.79 Å². The van der Waals surface area contributed by atoms with Gasteiger partial charge in [0.15, 0.2) is 0 Å². The zero-order chi connectivity index (χ0) is 16.7.